The van der Waals surface area contributed by atoms with Gasteiger partial charge in [-0.3, -0.25) is 0 Å². The zero-order valence-corrected chi connectivity index (χ0v) is 10.3. The third-order valence-corrected chi connectivity index (χ3v) is 2.85. The fourth-order valence-corrected chi connectivity index (χ4v) is 1.49. The Morgan fingerprint density at radius 1 is 1.26 bits per heavy atom. The molecule has 1 aromatic rings. The van der Waals surface area contributed by atoms with Crippen molar-refractivity contribution in [3.63, 3.8) is 0 Å². The molecule has 0 unspecified atom stereocenters. The van der Waals surface area contributed by atoms with E-state index in [0.717, 1.165) is 12.1 Å². The monoisotopic (exact) mass is 279 g/mol. The van der Waals surface area contributed by atoms with Gasteiger partial charge in [0.15, 0.2) is 0 Å². The molecule has 8 heteroatoms. The van der Waals surface area contributed by atoms with E-state index < -0.39 is 30.5 Å². The molecule has 19 heavy (non-hydrogen) atoms. The average Bonchev–Trinajstić information content (AvgIpc) is 2.34. The predicted molar refractivity (Wildman–Crippen MR) is 64.5 cm³/mol. The first-order valence-electron chi connectivity index (χ1n) is 5.61. The third-order valence-electron chi connectivity index (χ3n) is 2.85. The number of nitrogens with zero attached hydrogens (tertiary/aromatic N) is 1. The summed E-state index contributed by atoms with van der Waals surface area (Å²) in [5.74, 6) is -0.435. The van der Waals surface area contributed by atoms with Crippen LogP contribution in [0.2, 0.25) is 0 Å². The minimum Gasteiger partial charge on any atom is -0.394 e. The smallest absolute Gasteiger partial charge is 0.394 e. The Balaban J connectivity index is 3.11. The first-order chi connectivity index (χ1) is 8.76. The van der Waals surface area contributed by atoms with Crippen LogP contribution in [-0.2, 0) is 6.18 Å². The van der Waals surface area contributed by atoms with E-state index in [1.54, 1.807) is 6.92 Å². The lowest BCUT2D eigenvalue weighted by atomic mass is 9.98. The summed E-state index contributed by atoms with van der Waals surface area (Å²) >= 11 is 0. The number of halogens is 3. The van der Waals surface area contributed by atoms with Crippen LogP contribution < -0.4 is 11.1 Å². The highest BCUT2D eigenvalue weighted by molar-refractivity contribution is 5.49. The average molecular weight is 279 g/mol. The molecule has 0 atom stereocenters. The Morgan fingerprint density at radius 3 is 2.26 bits per heavy atom. The molecule has 1 heterocycles. The van der Waals surface area contributed by atoms with Crippen LogP contribution in [0.5, 0.6) is 0 Å². The standard InChI is InChI=1S/C11H16F3N3O2/c1-2-10(5-18,6-19)17-9-4-7(11(12,13)14)3-8(15)16-9/h3-4,18-19H,2,5-6H2,1H3,(H3,15,16,17). The summed E-state index contributed by atoms with van der Waals surface area (Å²) in [7, 11) is 0. The number of anilines is 2. The number of nitrogen functional groups attached to an aromatic ring is 1. The lowest BCUT2D eigenvalue weighted by Gasteiger charge is -2.30. The molecule has 0 spiro atoms. The number of aliphatic hydroxyl groups excluding tert-OH is 2. The minimum atomic E-state index is -4.54. The van der Waals surface area contributed by atoms with Crippen molar-refractivity contribution in [1.82, 2.24) is 4.98 Å². The highest BCUT2D eigenvalue weighted by atomic mass is 19.4. The van der Waals surface area contributed by atoms with Crippen molar-refractivity contribution in [2.24, 2.45) is 0 Å². The summed E-state index contributed by atoms with van der Waals surface area (Å²) in [5.41, 5.74) is 3.25. The van der Waals surface area contributed by atoms with Gasteiger partial charge in [-0.2, -0.15) is 13.2 Å². The number of hydrogen-bond donors (Lipinski definition) is 4. The molecule has 1 aromatic heterocycles. The van der Waals surface area contributed by atoms with Gasteiger partial charge in [-0.15, -0.1) is 0 Å². The van der Waals surface area contributed by atoms with Gasteiger partial charge in [0, 0.05) is 0 Å². The summed E-state index contributed by atoms with van der Waals surface area (Å²) < 4.78 is 37.8. The van der Waals surface area contributed by atoms with Gasteiger partial charge in [0.05, 0.1) is 24.3 Å². The summed E-state index contributed by atoms with van der Waals surface area (Å²) in [6, 6.07) is 1.50. The van der Waals surface area contributed by atoms with Crippen LogP contribution in [0.15, 0.2) is 12.1 Å². The minimum absolute atomic E-state index is 0.141. The second-order valence-electron chi connectivity index (χ2n) is 4.24. The molecule has 0 aliphatic carbocycles. The Kier molecular flexibility index (Phi) is 4.59. The zero-order valence-electron chi connectivity index (χ0n) is 10.3. The van der Waals surface area contributed by atoms with E-state index in [2.05, 4.69) is 10.3 Å². The molecule has 0 fully saturated rings. The van der Waals surface area contributed by atoms with Crippen molar-refractivity contribution in [2.75, 3.05) is 24.3 Å². The summed E-state index contributed by atoms with van der Waals surface area (Å²) in [5, 5.41) is 21.1. The van der Waals surface area contributed by atoms with Crippen LogP contribution in [0.1, 0.15) is 18.9 Å². The van der Waals surface area contributed by atoms with Gasteiger partial charge in [0.1, 0.15) is 11.6 Å². The summed E-state index contributed by atoms with van der Waals surface area (Å²) in [4.78, 5) is 3.72. The van der Waals surface area contributed by atoms with Crippen molar-refractivity contribution in [3.05, 3.63) is 17.7 Å². The maximum absolute atomic E-state index is 12.6. The molecule has 0 saturated heterocycles. The van der Waals surface area contributed by atoms with Crippen LogP contribution in [-0.4, -0.2) is 33.9 Å². The Bertz CT molecular complexity index is 425. The largest absolute Gasteiger partial charge is 0.416 e. The molecule has 0 amide bonds. The van der Waals surface area contributed by atoms with Gasteiger partial charge in [-0.05, 0) is 18.6 Å². The van der Waals surface area contributed by atoms with Gasteiger partial charge >= 0.3 is 6.18 Å². The second kappa shape index (κ2) is 5.62. The number of aromatic nitrogens is 1. The molecule has 0 saturated carbocycles. The zero-order chi connectivity index (χ0) is 14.7. The molecule has 0 aliphatic heterocycles. The Hall–Kier alpha value is -1.54. The fourth-order valence-electron chi connectivity index (χ4n) is 1.49. The van der Waals surface area contributed by atoms with Crippen molar-refractivity contribution in [1.29, 1.82) is 0 Å². The normalized spacial score (nSPS) is 12.5. The highest BCUT2D eigenvalue weighted by Gasteiger charge is 2.33. The molecule has 1 rings (SSSR count). The van der Waals surface area contributed by atoms with Crippen LogP contribution in [0.3, 0.4) is 0 Å². The van der Waals surface area contributed by atoms with E-state index in [1.807, 2.05) is 0 Å². The molecule has 0 aromatic carbocycles. The predicted octanol–water partition coefficient (Wildman–Crippen LogP) is 1.23. The number of rotatable bonds is 5. The van der Waals surface area contributed by atoms with E-state index in [0.29, 0.717) is 6.42 Å². The van der Waals surface area contributed by atoms with Crippen molar-refractivity contribution >= 4 is 11.6 Å². The topological polar surface area (TPSA) is 91.4 Å². The molecule has 5 nitrogen and oxygen atoms in total. The molecular weight excluding hydrogens is 263 g/mol. The van der Waals surface area contributed by atoms with Gasteiger partial charge in [0.25, 0.3) is 0 Å². The number of pyridine rings is 1. The van der Waals surface area contributed by atoms with Crippen LogP contribution in [0, 0.1) is 0 Å². The Labute approximate surface area is 108 Å². The Morgan fingerprint density at radius 2 is 1.84 bits per heavy atom. The maximum Gasteiger partial charge on any atom is 0.416 e. The van der Waals surface area contributed by atoms with Gasteiger partial charge in [-0.1, -0.05) is 6.92 Å². The van der Waals surface area contributed by atoms with Gasteiger partial charge < -0.3 is 21.3 Å². The van der Waals surface area contributed by atoms with Crippen molar-refractivity contribution in [3.8, 4) is 0 Å². The lowest BCUT2D eigenvalue weighted by Crippen LogP contribution is -2.45. The maximum atomic E-state index is 12.6. The van der Waals surface area contributed by atoms with Crippen molar-refractivity contribution < 1.29 is 23.4 Å². The van der Waals surface area contributed by atoms with E-state index in [9.17, 15) is 23.4 Å². The molecule has 0 radical (unpaired) electrons. The fraction of sp³-hybridized carbons (Fsp3) is 0.545. The van der Waals surface area contributed by atoms with E-state index in [4.69, 9.17) is 5.73 Å². The van der Waals surface area contributed by atoms with Crippen LogP contribution in [0.25, 0.3) is 0 Å². The quantitative estimate of drug-likeness (QED) is 0.650. The van der Waals surface area contributed by atoms with Crippen LogP contribution >= 0.6 is 0 Å². The number of hydrogen-bond acceptors (Lipinski definition) is 5. The number of nitrogens with one attached hydrogen (secondary N) is 1. The molecule has 0 bridgehead atoms. The van der Waals surface area contributed by atoms with E-state index in [-0.39, 0.29) is 11.6 Å². The molecule has 5 N–H and O–H groups in total. The third kappa shape index (κ3) is 3.71. The molecule has 0 aliphatic rings. The van der Waals surface area contributed by atoms with Crippen LogP contribution in [0.4, 0.5) is 24.8 Å². The second-order valence-corrected chi connectivity index (χ2v) is 4.24. The lowest BCUT2D eigenvalue weighted by molar-refractivity contribution is -0.137. The summed E-state index contributed by atoms with van der Waals surface area (Å²) in [6.45, 7) is 0.784. The van der Waals surface area contributed by atoms with E-state index >= 15 is 0 Å². The highest BCUT2D eigenvalue weighted by Crippen LogP contribution is 2.32. The SMILES string of the molecule is CCC(CO)(CO)Nc1cc(C(F)(F)F)cc(N)n1. The molecular formula is C11H16F3N3O2. The first-order valence-corrected chi connectivity index (χ1v) is 5.61. The number of aliphatic hydroxyl groups is 2. The van der Waals surface area contributed by atoms with Crippen molar-refractivity contribution in [2.45, 2.75) is 25.1 Å². The van der Waals surface area contributed by atoms with E-state index in [1.165, 1.54) is 0 Å². The van der Waals surface area contributed by atoms with Gasteiger partial charge in [-0.25, -0.2) is 4.98 Å². The number of alkyl halides is 3. The van der Waals surface area contributed by atoms with Gasteiger partial charge in [0.2, 0.25) is 0 Å². The summed E-state index contributed by atoms with van der Waals surface area (Å²) in [6.07, 6.45) is -4.24. The molecule has 108 valence electrons. The number of nitrogens with two attached hydrogens (primary N) is 1. The first kappa shape index (κ1) is 15.5.